The molecular weight excluding hydrogens is 403 g/mol. The largest absolute Gasteiger partial charge is 0.304 e. The summed E-state index contributed by atoms with van der Waals surface area (Å²) >= 11 is 0. The van der Waals surface area contributed by atoms with Gasteiger partial charge in [0.2, 0.25) is 0 Å². The first-order valence-electron chi connectivity index (χ1n) is 11.0. The first-order chi connectivity index (χ1) is 15.5. The fraction of sp³-hybridized carbons (Fsp3) is 0.308. The van der Waals surface area contributed by atoms with Gasteiger partial charge in [0.25, 0.3) is 5.56 Å². The van der Waals surface area contributed by atoms with Gasteiger partial charge in [0.05, 0.1) is 12.2 Å². The predicted octanol–water partition coefficient (Wildman–Crippen LogP) is 3.82. The van der Waals surface area contributed by atoms with Crippen LogP contribution in [0.3, 0.4) is 0 Å². The number of aromatic nitrogens is 2. The van der Waals surface area contributed by atoms with E-state index in [1.165, 1.54) is 10.7 Å². The molecule has 166 valence electrons. The van der Waals surface area contributed by atoms with Crippen molar-refractivity contribution >= 4 is 6.08 Å². The monoisotopic (exact) mass is 432 g/mol. The number of nitrogens with zero attached hydrogens (tertiary/aromatic N) is 4. The number of hydrogen-bond donors (Lipinski definition) is 0. The van der Waals surface area contributed by atoms with Crippen LogP contribution in [0.2, 0.25) is 0 Å². The van der Waals surface area contributed by atoms with Gasteiger partial charge in [0.15, 0.2) is 0 Å². The summed E-state index contributed by atoms with van der Waals surface area (Å²) in [4.78, 5) is 17.8. The van der Waals surface area contributed by atoms with E-state index in [1.54, 1.807) is 19.1 Å². The maximum atomic E-state index is 13.8. The van der Waals surface area contributed by atoms with E-state index < -0.39 is 0 Å². The van der Waals surface area contributed by atoms with Gasteiger partial charge in [0, 0.05) is 43.9 Å². The second-order valence-electron chi connectivity index (χ2n) is 8.40. The Bertz CT molecular complexity index is 1150. The third kappa shape index (κ3) is 5.39. The summed E-state index contributed by atoms with van der Waals surface area (Å²) in [6.45, 7) is 6.53. The summed E-state index contributed by atoms with van der Waals surface area (Å²) < 4.78 is 15.3. The van der Waals surface area contributed by atoms with Crippen LogP contribution in [0.4, 0.5) is 4.39 Å². The molecule has 0 amide bonds. The van der Waals surface area contributed by atoms with E-state index in [2.05, 4.69) is 21.9 Å². The molecule has 1 aliphatic heterocycles. The highest BCUT2D eigenvalue weighted by Crippen LogP contribution is 2.20. The van der Waals surface area contributed by atoms with E-state index in [0.717, 1.165) is 42.9 Å². The van der Waals surface area contributed by atoms with Crippen molar-refractivity contribution in [1.82, 2.24) is 19.6 Å². The standard InChI is InChI=1S/C26H29FN4O/c1-20-17-22(10-11-24(20)27)25-18-23(19-30-15-13-29(2)14-16-30)26(32)31(28-25)12-6-9-21-7-4-3-5-8-21/h3-11,17-18H,12-16,19H2,1-2H3/b9-6+. The molecule has 3 aromatic rings. The van der Waals surface area contributed by atoms with E-state index >= 15 is 0 Å². The lowest BCUT2D eigenvalue weighted by atomic mass is 10.1. The molecule has 1 aromatic heterocycles. The van der Waals surface area contributed by atoms with E-state index in [1.807, 2.05) is 48.6 Å². The van der Waals surface area contributed by atoms with Gasteiger partial charge in [-0.3, -0.25) is 9.69 Å². The average Bonchev–Trinajstić information content (AvgIpc) is 2.80. The Kier molecular flexibility index (Phi) is 6.93. The summed E-state index contributed by atoms with van der Waals surface area (Å²) in [7, 11) is 2.12. The fourth-order valence-electron chi connectivity index (χ4n) is 3.88. The summed E-state index contributed by atoms with van der Waals surface area (Å²) in [5, 5.41) is 4.61. The van der Waals surface area contributed by atoms with Crippen molar-refractivity contribution in [2.24, 2.45) is 0 Å². The van der Waals surface area contributed by atoms with Gasteiger partial charge in [-0.25, -0.2) is 9.07 Å². The van der Waals surface area contributed by atoms with Crippen LogP contribution >= 0.6 is 0 Å². The minimum Gasteiger partial charge on any atom is -0.304 e. The lowest BCUT2D eigenvalue weighted by Crippen LogP contribution is -2.44. The summed E-state index contributed by atoms with van der Waals surface area (Å²) in [6, 6.07) is 16.8. The Balaban J connectivity index is 1.66. The zero-order chi connectivity index (χ0) is 22.5. The Labute approximate surface area is 188 Å². The van der Waals surface area contributed by atoms with Crippen LogP contribution < -0.4 is 5.56 Å². The second-order valence-corrected chi connectivity index (χ2v) is 8.40. The highest BCUT2D eigenvalue weighted by Gasteiger charge is 2.17. The number of aryl methyl sites for hydroxylation is 1. The summed E-state index contributed by atoms with van der Waals surface area (Å²) in [6.07, 6.45) is 3.94. The number of benzene rings is 2. The van der Waals surface area contributed by atoms with Gasteiger partial charge < -0.3 is 4.90 Å². The van der Waals surface area contributed by atoms with Crippen molar-refractivity contribution in [1.29, 1.82) is 0 Å². The fourth-order valence-corrected chi connectivity index (χ4v) is 3.88. The van der Waals surface area contributed by atoms with Gasteiger partial charge >= 0.3 is 0 Å². The number of rotatable bonds is 6. The third-order valence-electron chi connectivity index (χ3n) is 5.88. The molecule has 2 heterocycles. The molecule has 5 nitrogen and oxygen atoms in total. The molecule has 0 unspecified atom stereocenters. The molecule has 0 spiro atoms. The maximum absolute atomic E-state index is 13.8. The molecule has 2 aromatic carbocycles. The quantitative estimate of drug-likeness (QED) is 0.594. The van der Waals surface area contributed by atoms with Gasteiger partial charge in [-0.1, -0.05) is 42.5 Å². The van der Waals surface area contributed by atoms with Crippen LogP contribution in [0.25, 0.3) is 17.3 Å². The van der Waals surface area contributed by atoms with Crippen LogP contribution in [0.15, 0.2) is 65.5 Å². The topological polar surface area (TPSA) is 41.4 Å². The van der Waals surface area contributed by atoms with Crippen molar-refractivity contribution in [2.75, 3.05) is 33.2 Å². The minimum absolute atomic E-state index is 0.0794. The van der Waals surface area contributed by atoms with Gasteiger partial charge in [0.1, 0.15) is 5.82 Å². The van der Waals surface area contributed by atoms with E-state index in [9.17, 15) is 9.18 Å². The van der Waals surface area contributed by atoms with Crippen molar-refractivity contribution in [3.63, 3.8) is 0 Å². The third-order valence-corrected chi connectivity index (χ3v) is 5.88. The van der Waals surface area contributed by atoms with Crippen LogP contribution in [0.5, 0.6) is 0 Å². The summed E-state index contributed by atoms with van der Waals surface area (Å²) in [5.74, 6) is -0.245. The normalized spacial score (nSPS) is 15.5. The molecule has 0 atom stereocenters. The maximum Gasteiger partial charge on any atom is 0.271 e. The zero-order valence-electron chi connectivity index (χ0n) is 18.7. The van der Waals surface area contributed by atoms with Crippen molar-refractivity contribution in [3.05, 3.63) is 93.5 Å². The smallest absolute Gasteiger partial charge is 0.271 e. The molecule has 4 rings (SSSR count). The Morgan fingerprint density at radius 3 is 2.50 bits per heavy atom. The molecule has 0 N–H and O–H groups in total. The van der Waals surface area contributed by atoms with Crippen molar-refractivity contribution < 1.29 is 4.39 Å². The minimum atomic E-state index is -0.245. The Morgan fingerprint density at radius 2 is 1.78 bits per heavy atom. The molecule has 1 saturated heterocycles. The molecule has 0 bridgehead atoms. The lowest BCUT2D eigenvalue weighted by molar-refractivity contribution is 0.147. The Hall–Kier alpha value is -3.09. The first-order valence-corrected chi connectivity index (χ1v) is 11.0. The summed E-state index contributed by atoms with van der Waals surface area (Å²) in [5.41, 5.74) is 3.77. The lowest BCUT2D eigenvalue weighted by Gasteiger charge is -2.32. The molecule has 32 heavy (non-hydrogen) atoms. The SMILES string of the molecule is Cc1cc(-c2cc(CN3CCN(C)CC3)c(=O)n(C/C=C/c3ccccc3)n2)ccc1F. The van der Waals surface area contributed by atoms with Crippen LogP contribution in [0, 0.1) is 12.7 Å². The van der Waals surface area contributed by atoms with Crippen LogP contribution in [0.1, 0.15) is 16.7 Å². The predicted molar refractivity (Wildman–Crippen MR) is 127 cm³/mol. The highest BCUT2D eigenvalue weighted by atomic mass is 19.1. The number of likely N-dealkylation sites (N-methyl/N-ethyl adjacent to an activating group) is 1. The average molecular weight is 433 g/mol. The molecule has 0 radical (unpaired) electrons. The highest BCUT2D eigenvalue weighted by molar-refractivity contribution is 5.60. The van der Waals surface area contributed by atoms with Gasteiger partial charge in [-0.05, 0) is 49.4 Å². The van der Waals surface area contributed by atoms with Gasteiger partial charge in [-0.15, -0.1) is 0 Å². The van der Waals surface area contributed by atoms with E-state index in [4.69, 9.17) is 0 Å². The van der Waals surface area contributed by atoms with Crippen LogP contribution in [-0.2, 0) is 13.1 Å². The second kappa shape index (κ2) is 10.0. The number of halogens is 1. The molecule has 6 heteroatoms. The number of piperazine rings is 1. The van der Waals surface area contributed by atoms with E-state index in [0.29, 0.717) is 24.3 Å². The molecule has 1 aliphatic rings. The van der Waals surface area contributed by atoms with Crippen LogP contribution in [-0.4, -0.2) is 52.8 Å². The first kappa shape index (κ1) is 22.1. The molecule has 0 aliphatic carbocycles. The van der Waals surface area contributed by atoms with E-state index in [-0.39, 0.29) is 11.4 Å². The van der Waals surface area contributed by atoms with Gasteiger partial charge in [-0.2, -0.15) is 5.10 Å². The molecule has 1 fully saturated rings. The molecular formula is C26H29FN4O. The Morgan fingerprint density at radius 1 is 1.03 bits per heavy atom. The van der Waals surface area contributed by atoms with Crippen molar-refractivity contribution in [3.8, 4) is 11.3 Å². The number of hydrogen-bond acceptors (Lipinski definition) is 4. The molecule has 0 saturated carbocycles. The zero-order valence-corrected chi connectivity index (χ0v) is 18.7. The number of allylic oxidation sites excluding steroid dienone is 1. The van der Waals surface area contributed by atoms with Crippen molar-refractivity contribution in [2.45, 2.75) is 20.0 Å².